The fourth-order valence-corrected chi connectivity index (χ4v) is 1.03. The molecule has 1 atom stereocenters. The molecule has 1 rings (SSSR count). The SMILES string of the molecule is CC1(C)COC(=O)[C@@H](O)C1. The monoisotopic (exact) mass is 144 g/mol. The quantitative estimate of drug-likeness (QED) is 0.498. The number of aliphatic hydroxyl groups excluding tert-OH is 1. The first kappa shape index (κ1) is 7.54. The van der Waals surface area contributed by atoms with E-state index in [9.17, 15) is 4.79 Å². The van der Waals surface area contributed by atoms with Gasteiger partial charge in [-0.1, -0.05) is 13.8 Å². The number of aliphatic hydroxyl groups is 1. The fraction of sp³-hybridized carbons (Fsp3) is 0.857. The summed E-state index contributed by atoms with van der Waals surface area (Å²) in [5.41, 5.74) is -0.0622. The van der Waals surface area contributed by atoms with E-state index in [0.29, 0.717) is 13.0 Å². The molecule has 0 spiro atoms. The second kappa shape index (κ2) is 2.23. The molecule has 1 N–H and O–H groups in total. The Balaban J connectivity index is 2.57. The number of carbonyl (C=O) groups is 1. The van der Waals surface area contributed by atoms with Gasteiger partial charge in [-0.2, -0.15) is 0 Å². The van der Waals surface area contributed by atoms with E-state index in [4.69, 9.17) is 9.84 Å². The van der Waals surface area contributed by atoms with Crippen molar-refractivity contribution < 1.29 is 14.6 Å². The molecule has 58 valence electrons. The average molecular weight is 144 g/mol. The predicted octanol–water partition coefficient (Wildman–Crippen LogP) is 0.320. The molecule has 0 aliphatic carbocycles. The molecule has 1 aliphatic rings. The van der Waals surface area contributed by atoms with Crippen LogP contribution in [0.15, 0.2) is 0 Å². The highest BCUT2D eigenvalue weighted by Crippen LogP contribution is 2.27. The van der Waals surface area contributed by atoms with Crippen LogP contribution >= 0.6 is 0 Å². The Morgan fingerprint density at radius 3 is 2.70 bits per heavy atom. The number of carbonyl (C=O) groups excluding carboxylic acids is 1. The topological polar surface area (TPSA) is 46.5 Å². The zero-order chi connectivity index (χ0) is 7.78. The summed E-state index contributed by atoms with van der Waals surface area (Å²) < 4.78 is 4.72. The molecule has 0 bridgehead atoms. The van der Waals surface area contributed by atoms with Gasteiger partial charge in [-0.05, 0) is 6.42 Å². The Kier molecular flexibility index (Phi) is 1.68. The molecule has 0 unspecified atom stereocenters. The van der Waals surface area contributed by atoms with E-state index in [0.717, 1.165) is 0 Å². The third-order valence-electron chi connectivity index (χ3n) is 1.62. The van der Waals surface area contributed by atoms with Gasteiger partial charge in [0, 0.05) is 5.41 Å². The van der Waals surface area contributed by atoms with Gasteiger partial charge in [0.1, 0.15) is 0 Å². The van der Waals surface area contributed by atoms with Crippen LogP contribution < -0.4 is 0 Å². The van der Waals surface area contributed by atoms with Crippen LogP contribution in [0.5, 0.6) is 0 Å². The van der Waals surface area contributed by atoms with Crippen LogP contribution in [0.2, 0.25) is 0 Å². The Bertz CT molecular complexity index is 151. The van der Waals surface area contributed by atoms with Crippen LogP contribution in [-0.4, -0.2) is 23.8 Å². The highest BCUT2D eigenvalue weighted by molar-refractivity contribution is 5.75. The van der Waals surface area contributed by atoms with Crippen LogP contribution in [0, 0.1) is 5.41 Å². The van der Waals surface area contributed by atoms with E-state index >= 15 is 0 Å². The Morgan fingerprint density at radius 1 is 1.70 bits per heavy atom. The van der Waals surface area contributed by atoms with Gasteiger partial charge in [-0.25, -0.2) is 4.79 Å². The molecule has 0 amide bonds. The van der Waals surface area contributed by atoms with Crippen LogP contribution in [-0.2, 0) is 9.53 Å². The lowest BCUT2D eigenvalue weighted by molar-refractivity contribution is -0.167. The van der Waals surface area contributed by atoms with Crippen LogP contribution in [0.4, 0.5) is 0 Å². The minimum Gasteiger partial charge on any atom is -0.463 e. The van der Waals surface area contributed by atoms with Crippen molar-refractivity contribution in [3.63, 3.8) is 0 Å². The van der Waals surface area contributed by atoms with Gasteiger partial charge in [0.05, 0.1) is 6.61 Å². The van der Waals surface area contributed by atoms with Crippen LogP contribution in [0.25, 0.3) is 0 Å². The van der Waals surface area contributed by atoms with Gasteiger partial charge in [0.15, 0.2) is 6.10 Å². The first-order valence-corrected chi connectivity index (χ1v) is 3.36. The summed E-state index contributed by atoms with van der Waals surface area (Å²) in [6.07, 6.45) is -0.407. The Morgan fingerprint density at radius 2 is 2.30 bits per heavy atom. The smallest absolute Gasteiger partial charge is 0.334 e. The van der Waals surface area contributed by atoms with Crippen molar-refractivity contribution in [3.8, 4) is 0 Å². The highest BCUT2D eigenvalue weighted by Gasteiger charge is 2.33. The second-order valence-corrected chi connectivity index (χ2v) is 3.49. The number of esters is 1. The molecule has 3 heteroatoms. The minimum atomic E-state index is -0.913. The number of ether oxygens (including phenoxy) is 1. The molecule has 0 saturated carbocycles. The summed E-state index contributed by atoms with van der Waals surface area (Å²) in [6.45, 7) is 4.34. The zero-order valence-electron chi connectivity index (χ0n) is 6.26. The van der Waals surface area contributed by atoms with E-state index in [2.05, 4.69) is 0 Å². The van der Waals surface area contributed by atoms with Gasteiger partial charge in [0.2, 0.25) is 0 Å². The number of hydrogen-bond donors (Lipinski definition) is 1. The molecular formula is C7H12O3. The third-order valence-corrected chi connectivity index (χ3v) is 1.62. The standard InChI is InChI=1S/C7H12O3/c1-7(2)3-5(8)6(9)10-4-7/h5,8H,3-4H2,1-2H3/t5-/m0/s1. The summed E-state index contributed by atoms with van der Waals surface area (Å²) in [4.78, 5) is 10.6. The average Bonchev–Trinajstić information content (AvgIpc) is 1.79. The summed E-state index contributed by atoms with van der Waals surface area (Å²) in [5.74, 6) is -0.487. The van der Waals surface area contributed by atoms with Gasteiger partial charge < -0.3 is 9.84 Å². The van der Waals surface area contributed by atoms with Crippen molar-refractivity contribution in [3.05, 3.63) is 0 Å². The van der Waals surface area contributed by atoms with Crippen LogP contribution in [0.1, 0.15) is 20.3 Å². The zero-order valence-corrected chi connectivity index (χ0v) is 6.26. The molecule has 0 aromatic rings. The van der Waals surface area contributed by atoms with Gasteiger partial charge in [-0.3, -0.25) is 0 Å². The van der Waals surface area contributed by atoms with Gasteiger partial charge in [0.25, 0.3) is 0 Å². The maximum atomic E-state index is 10.6. The van der Waals surface area contributed by atoms with Crippen LogP contribution in [0.3, 0.4) is 0 Å². The Hall–Kier alpha value is -0.570. The van der Waals surface area contributed by atoms with E-state index in [-0.39, 0.29) is 5.41 Å². The fourth-order valence-electron chi connectivity index (χ4n) is 1.03. The molecule has 0 aromatic heterocycles. The highest BCUT2D eigenvalue weighted by atomic mass is 16.5. The molecule has 1 aliphatic heterocycles. The molecule has 3 nitrogen and oxygen atoms in total. The van der Waals surface area contributed by atoms with E-state index < -0.39 is 12.1 Å². The molecule has 0 aromatic carbocycles. The predicted molar refractivity (Wildman–Crippen MR) is 35.4 cm³/mol. The van der Waals surface area contributed by atoms with Gasteiger partial charge >= 0.3 is 5.97 Å². The maximum Gasteiger partial charge on any atom is 0.334 e. The number of hydrogen-bond acceptors (Lipinski definition) is 3. The largest absolute Gasteiger partial charge is 0.463 e. The molecule has 10 heavy (non-hydrogen) atoms. The summed E-state index contributed by atoms with van der Waals surface area (Å²) in [5, 5.41) is 9.04. The maximum absolute atomic E-state index is 10.6. The lowest BCUT2D eigenvalue weighted by Crippen LogP contribution is -2.39. The van der Waals surface area contributed by atoms with Crippen molar-refractivity contribution >= 4 is 5.97 Å². The lowest BCUT2D eigenvalue weighted by atomic mass is 9.86. The number of cyclic esters (lactones) is 1. The summed E-state index contributed by atoms with van der Waals surface area (Å²) >= 11 is 0. The third kappa shape index (κ3) is 1.48. The second-order valence-electron chi connectivity index (χ2n) is 3.49. The lowest BCUT2D eigenvalue weighted by Gasteiger charge is -2.31. The molecule has 1 saturated heterocycles. The van der Waals surface area contributed by atoms with Crippen molar-refractivity contribution in [2.24, 2.45) is 5.41 Å². The summed E-state index contributed by atoms with van der Waals surface area (Å²) in [7, 11) is 0. The van der Waals surface area contributed by atoms with Gasteiger partial charge in [-0.15, -0.1) is 0 Å². The molecule has 0 radical (unpaired) electrons. The van der Waals surface area contributed by atoms with Crippen molar-refractivity contribution in [1.82, 2.24) is 0 Å². The van der Waals surface area contributed by atoms with Crippen molar-refractivity contribution in [1.29, 1.82) is 0 Å². The number of rotatable bonds is 0. The molecular weight excluding hydrogens is 132 g/mol. The van der Waals surface area contributed by atoms with E-state index in [1.807, 2.05) is 13.8 Å². The minimum absolute atomic E-state index is 0.0622. The van der Waals surface area contributed by atoms with Crippen molar-refractivity contribution in [2.75, 3.05) is 6.61 Å². The normalized spacial score (nSPS) is 31.5. The molecule has 1 heterocycles. The van der Waals surface area contributed by atoms with E-state index in [1.165, 1.54) is 0 Å². The van der Waals surface area contributed by atoms with Crippen molar-refractivity contribution in [2.45, 2.75) is 26.4 Å². The Labute approximate surface area is 60.0 Å². The van der Waals surface area contributed by atoms with E-state index in [1.54, 1.807) is 0 Å². The first-order valence-electron chi connectivity index (χ1n) is 3.36. The summed E-state index contributed by atoms with van der Waals surface area (Å²) in [6, 6.07) is 0. The first-order chi connectivity index (χ1) is 4.51. The molecule has 1 fully saturated rings.